The first-order valence-corrected chi connectivity index (χ1v) is 8.43. The molecule has 0 saturated carbocycles. The number of alkyl halides is 3. The summed E-state index contributed by atoms with van der Waals surface area (Å²) in [5.74, 6) is 0. The normalized spacial score (nSPS) is 18.5. The molecule has 0 spiro atoms. The van der Waals surface area contributed by atoms with Gasteiger partial charge in [0.15, 0.2) is 0 Å². The third kappa shape index (κ3) is 3.95. The average molecular weight is 354 g/mol. The van der Waals surface area contributed by atoms with Crippen molar-refractivity contribution in [3.05, 3.63) is 39.9 Å². The van der Waals surface area contributed by atoms with Gasteiger partial charge in [0.05, 0.1) is 11.8 Å². The number of hydrogen-bond donors (Lipinski definition) is 2. The Morgan fingerprint density at radius 3 is 2.88 bits per heavy atom. The van der Waals surface area contributed by atoms with Crippen molar-refractivity contribution >= 4 is 11.3 Å². The van der Waals surface area contributed by atoms with Gasteiger partial charge in [-0.15, -0.1) is 0 Å². The molecule has 1 aliphatic heterocycles. The Kier molecular flexibility index (Phi) is 4.99. The molecule has 0 bridgehead atoms. The lowest BCUT2D eigenvalue weighted by molar-refractivity contribution is -0.137. The fourth-order valence-corrected chi connectivity index (χ4v) is 3.18. The van der Waals surface area contributed by atoms with E-state index in [2.05, 4.69) is 15.6 Å². The molecule has 1 saturated heterocycles. The Morgan fingerprint density at radius 1 is 1.40 bits per heavy atom. The van der Waals surface area contributed by atoms with Crippen molar-refractivity contribution in [2.45, 2.75) is 44.8 Å². The first-order valence-electron chi connectivity index (χ1n) is 8.43. The molecule has 8 heteroatoms. The first-order chi connectivity index (χ1) is 11.9. The third-order valence-corrected chi connectivity index (χ3v) is 4.53. The molecule has 3 rings (SSSR count). The van der Waals surface area contributed by atoms with E-state index < -0.39 is 17.3 Å². The molecule has 0 amide bonds. The van der Waals surface area contributed by atoms with Crippen LogP contribution in [-0.2, 0) is 6.18 Å². The van der Waals surface area contributed by atoms with Gasteiger partial charge in [-0.25, -0.2) is 4.98 Å². The molecule has 25 heavy (non-hydrogen) atoms. The molecule has 1 atom stereocenters. The Hall–Kier alpha value is -2.09. The fourth-order valence-electron chi connectivity index (χ4n) is 3.18. The number of anilines is 1. The summed E-state index contributed by atoms with van der Waals surface area (Å²) in [4.78, 5) is 16.7. The van der Waals surface area contributed by atoms with Gasteiger partial charge in [0.1, 0.15) is 11.3 Å². The van der Waals surface area contributed by atoms with Crippen LogP contribution in [-0.4, -0.2) is 28.5 Å². The molecule has 136 valence electrons. The number of piperidine rings is 1. The molecule has 1 aliphatic rings. The van der Waals surface area contributed by atoms with E-state index in [0.717, 1.165) is 36.1 Å². The highest BCUT2D eigenvalue weighted by Gasteiger charge is 2.31. The highest BCUT2D eigenvalue weighted by molar-refractivity contribution is 5.52. The lowest BCUT2D eigenvalue weighted by Gasteiger charge is -2.23. The van der Waals surface area contributed by atoms with E-state index in [-0.39, 0.29) is 11.3 Å². The number of aromatic nitrogens is 2. The van der Waals surface area contributed by atoms with Gasteiger partial charge in [0, 0.05) is 18.8 Å². The van der Waals surface area contributed by atoms with Crippen LogP contribution < -0.4 is 16.2 Å². The number of nitrogens with one attached hydrogen (secondary N) is 2. The topological polar surface area (TPSA) is 58.4 Å². The number of halogens is 3. The van der Waals surface area contributed by atoms with Crippen LogP contribution in [0.1, 0.15) is 36.8 Å². The Labute approximate surface area is 143 Å². The summed E-state index contributed by atoms with van der Waals surface area (Å²) < 4.78 is 39.9. The van der Waals surface area contributed by atoms with Crippen LogP contribution in [0.3, 0.4) is 0 Å². The molecular formula is C17H21F3N4O. The summed E-state index contributed by atoms with van der Waals surface area (Å²) in [6.07, 6.45) is 2.03. The van der Waals surface area contributed by atoms with Gasteiger partial charge in [-0.3, -0.25) is 9.20 Å². The Balaban J connectivity index is 1.82. The third-order valence-electron chi connectivity index (χ3n) is 4.53. The van der Waals surface area contributed by atoms with E-state index in [0.29, 0.717) is 18.2 Å². The Bertz CT molecular complexity index is 810. The van der Waals surface area contributed by atoms with Crippen molar-refractivity contribution < 1.29 is 13.2 Å². The number of fused-ring (bicyclic) bond motifs is 1. The van der Waals surface area contributed by atoms with E-state index in [1.165, 1.54) is 26.0 Å². The van der Waals surface area contributed by atoms with E-state index in [1.54, 1.807) is 0 Å². The highest BCUT2D eigenvalue weighted by atomic mass is 19.4. The van der Waals surface area contributed by atoms with Crippen LogP contribution in [0.2, 0.25) is 0 Å². The van der Waals surface area contributed by atoms with Gasteiger partial charge in [-0.05, 0) is 44.4 Å². The summed E-state index contributed by atoms with van der Waals surface area (Å²) in [5, 5.41) is 6.43. The van der Waals surface area contributed by atoms with E-state index in [9.17, 15) is 18.0 Å². The van der Waals surface area contributed by atoms with E-state index in [4.69, 9.17) is 0 Å². The smallest absolute Gasteiger partial charge is 0.379 e. The first kappa shape index (κ1) is 17.7. The van der Waals surface area contributed by atoms with Crippen LogP contribution in [0.5, 0.6) is 0 Å². The second-order valence-electron chi connectivity index (χ2n) is 6.44. The lowest BCUT2D eigenvalue weighted by atomic mass is 10.0. The highest BCUT2D eigenvalue weighted by Crippen LogP contribution is 2.30. The number of hydrogen-bond acceptors (Lipinski definition) is 4. The maximum absolute atomic E-state index is 13.0. The zero-order valence-electron chi connectivity index (χ0n) is 14.0. The molecule has 1 fully saturated rings. The van der Waals surface area contributed by atoms with Gasteiger partial charge in [-0.2, -0.15) is 13.2 Å². The van der Waals surface area contributed by atoms with Crippen molar-refractivity contribution in [3.8, 4) is 0 Å². The molecule has 2 aromatic rings. The maximum Gasteiger partial charge on any atom is 0.417 e. The molecule has 5 nitrogen and oxygen atoms in total. The van der Waals surface area contributed by atoms with Crippen LogP contribution in [0.4, 0.5) is 18.9 Å². The molecule has 0 radical (unpaired) electrons. The summed E-state index contributed by atoms with van der Waals surface area (Å²) in [7, 11) is 0. The minimum absolute atomic E-state index is 0.215. The van der Waals surface area contributed by atoms with Crippen LogP contribution in [0.25, 0.3) is 5.65 Å². The summed E-state index contributed by atoms with van der Waals surface area (Å²) in [5.41, 5.74) is -0.616. The largest absolute Gasteiger partial charge is 0.417 e. The van der Waals surface area contributed by atoms with Crippen LogP contribution in [0.15, 0.2) is 23.3 Å². The summed E-state index contributed by atoms with van der Waals surface area (Å²) >= 11 is 0. The number of pyridine rings is 1. The SMILES string of the molecule is Cc1cc(C(F)(F)F)cn2c(=O)c(NCC[C@@H]3CCCCN3)cnc12. The Morgan fingerprint density at radius 2 is 2.20 bits per heavy atom. The monoisotopic (exact) mass is 354 g/mol. The standard InChI is InChI=1S/C17H21F3N4O/c1-11-8-12(17(18,19)20)10-24-15(11)23-9-14(16(24)25)22-7-5-13-4-2-3-6-21-13/h8-10,13,21-22H,2-7H2,1H3/t13-/m0/s1. The van der Waals surface area contributed by atoms with Gasteiger partial charge in [0.2, 0.25) is 0 Å². The van der Waals surface area contributed by atoms with Crippen molar-refractivity contribution in [2.75, 3.05) is 18.4 Å². The molecule has 3 heterocycles. The zero-order valence-corrected chi connectivity index (χ0v) is 14.0. The van der Waals surface area contributed by atoms with Gasteiger partial charge >= 0.3 is 6.18 Å². The van der Waals surface area contributed by atoms with Gasteiger partial charge in [0.25, 0.3) is 5.56 Å². The van der Waals surface area contributed by atoms with Crippen molar-refractivity contribution in [2.24, 2.45) is 0 Å². The van der Waals surface area contributed by atoms with E-state index in [1.807, 2.05) is 0 Å². The molecular weight excluding hydrogens is 333 g/mol. The second-order valence-corrected chi connectivity index (χ2v) is 6.44. The summed E-state index contributed by atoms with van der Waals surface area (Å²) in [6.45, 7) is 3.09. The molecule has 0 unspecified atom stereocenters. The predicted octanol–water partition coefficient (Wildman–Crippen LogP) is 2.97. The quantitative estimate of drug-likeness (QED) is 0.886. The zero-order chi connectivity index (χ0) is 18.0. The molecule has 0 aromatic carbocycles. The number of rotatable bonds is 4. The van der Waals surface area contributed by atoms with Crippen LogP contribution >= 0.6 is 0 Å². The van der Waals surface area contributed by atoms with Gasteiger partial charge in [-0.1, -0.05) is 6.42 Å². The molecule has 2 aromatic heterocycles. The van der Waals surface area contributed by atoms with Crippen molar-refractivity contribution in [1.82, 2.24) is 14.7 Å². The van der Waals surface area contributed by atoms with Crippen molar-refractivity contribution in [1.29, 1.82) is 0 Å². The summed E-state index contributed by atoms with van der Waals surface area (Å²) in [6, 6.07) is 1.42. The number of nitrogens with zero attached hydrogens (tertiary/aromatic N) is 2. The minimum Gasteiger partial charge on any atom is -0.379 e. The van der Waals surface area contributed by atoms with E-state index >= 15 is 0 Å². The molecule has 2 N–H and O–H groups in total. The lowest BCUT2D eigenvalue weighted by Crippen LogP contribution is -2.35. The predicted molar refractivity (Wildman–Crippen MR) is 89.9 cm³/mol. The van der Waals surface area contributed by atoms with Gasteiger partial charge < -0.3 is 10.6 Å². The fraction of sp³-hybridized carbons (Fsp3) is 0.529. The van der Waals surface area contributed by atoms with Crippen LogP contribution in [0, 0.1) is 6.92 Å². The average Bonchev–Trinajstić information content (AvgIpc) is 2.57. The maximum atomic E-state index is 13.0. The second kappa shape index (κ2) is 7.03. The minimum atomic E-state index is -4.51. The van der Waals surface area contributed by atoms with Crippen molar-refractivity contribution in [3.63, 3.8) is 0 Å². The number of aryl methyl sites for hydroxylation is 1. The molecule has 0 aliphatic carbocycles.